The Morgan fingerprint density at radius 1 is 0.911 bits per heavy atom. The van der Waals surface area contributed by atoms with Gasteiger partial charge < -0.3 is 30.5 Å². The summed E-state index contributed by atoms with van der Waals surface area (Å²) in [4.78, 5) is 39.9. The van der Waals surface area contributed by atoms with Crippen LogP contribution >= 0.6 is 0 Å². The highest BCUT2D eigenvalue weighted by molar-refractivity contribution is 6.12. The number of benzene rings is 3. The second kappa shape index (κ2) is 14.8. The van der Waals surface area contributed by atoms with Crippen LogP contribution in [0.15, 0.2) is 60.7 Å². The Morgan fingerprint density at radius 2 is 1.60 bits per heavy atom. The summed E-state index contributed by atoms with van der Waals surface area (Å²) in [7, 11) is 0. The van der Waals surface area contributed by atoms with Crippen molar-refractivity contribution in [2.75, 3.05) is 39.5 Å². The van der Waals surface area contributed by atoms with Crippen molar-refractivity contribution < 1.29 is 29.0 Å². The summed E-state index contributed by atoms with van der Waals surface area (Å²) >= 11 is 0. The molecule has 5 rings (SSSR count). The number of aliphatic hydroxyl groups excluding tert-OH is 1. The Hall–Kier alpha value is -4.75. The molecule has 2 atom stereocenters. The lowest BCUT2D eigenvalue weighted by molar-refractivity contribution is 0.0701. The Morgan fingerprint density at radius 3 is 2.31 bits per heavy atom. The average Bonchev–Trinajstić information content (AvgIpc) is 3.71. The third kappa shape index (κ3) is 7.49. The molecule has 1 aliphatic carbocycles. The van der Waals surface area contributed by atoms with Crippen molar-refractivity contribution in [2.45, 2.75) is 32.4 Å². The predicted molar refractivity (Wildman–Crippen MR) is 172 cm³/mol. The number of nitrogens with one attached hydrogen (secondary N) is 3. The van der Waals surface area contributed by atoms with Crippen LogP contribution in [0.25, 0.3) is 6.08 Å². The second-order valence-corrected chi connectivity index (χ2v) is 10.9. The van der Waals surface area contributed by atoms with Crippen LogP contribution in [-0.4, -0.2) is 74.3 Å². The number of hydrogen-bond donors (Lipinski definition) is 4. The molecule has 4 N–H and O–H groups in total. The van der Waals surface area contributed by atoms with E-state index in [1.54, 1.807) is 37.3 Å². The zero-order chi connectivity index (χ0) is 31.8. The minimum Gasteiger partial charge on any atom is -0.490 e. The van der Waals surface area contributed by atoms with E-state index in [9.17, 15) is 14.4 Å². The van der Waals surface area contributed by atoms with Gasteiger partial charge in [0.05, 0.1) is 37.5 Å². The molecule has 2 aliphatic rings. The second-order valence-electron chi connectivity index (χ2n) is 10.9. The standard InChI is InChI=1S/C36H37N3O6/c1-3-5-24-14-15-32(45-19-18-44-17-16-40)33(23(24)2)34(41)26-9-11-27(12-10-26)35(42)38-30-21-37-22-31(30)39-36(43)29-13-8-25-6-4-7-28(25)20-29/h4,6,8-15,20,30-31,37,40H,7,16-19,21-22H2,1-2H3,(H,38,42)(H,39,43)/t30-,31-/m1/s1. The van der Waals surface area contributed by atoms with Gasteiger partial charge in [-0.05, 0) is 73.4 Å². The first kappa shape index (κ1) is 31.7. The van der Waals surface area contributed by atoms with Gasteiger partial charge in [-0.3, -0.25) is 14.4 Å². The van der Waals surface area contributed by atoms with Crippen molar-refractivity contribution in [2.24, 2.45) is 0 Å². The number of carbonyl (C=O) groups excluding carboxylic acids is 3. The molecule has 45 heavy (non-hydrogen) atoms. The Kier molecular flexibility index (Phi) is 10.4. The van der Waals surface area contributed by atoms with Gasteiger partial charge in [0.1, 0.15) is 12.4 Å². The van der Waals surface area contributed by atoms with Gasteiger partial charge in [0.15, 0.2) is 5.78 Å². The van der Waals surface area contributed by atoms with Gasteiger partial charge in [-0.2, -0.15) is 0 Å². The van der Waals surface area contributed by atoms with Gasteiger partial charge in [-0.15, -0.1) is 5.92 Å². The summed E-state index contributed by atoms with van der Waals surface area (Å²) in [5.74, 6) is 5.59. The van der Waals surface area contributed by atoms with Gasteiger partial charge >= 0.3 is 0 Å². The highest BCUT2D eigenvalue weighted by Crippen LogP contribution is 2.28. The van der Waals surface area contributed by atoms with E-state index in [-0.39, 0.29) is 56.1 Å². The molecular formula is C36H37N3O6. The van der Waals surface area contributed by atoms with Gasteiger partial charge in [0.2, 0.25) is 0 Å². The predicted octanol–water partition coefficient (Wildman–Crippen LogP) is 3.05. The fraction of sp³-hybridized carbons (Fsp3) is 0.306. The van der Waals surface area contributed by atoms with Crippen LogP contribution in [0.4, 0.5) is 0 Å². The number of ether oxygens (including phenoxy) is 2. The maximum Gasteiger partial charge on any atom is 0.251 e. The number of amides is 2. The molecule has 0 aromatic heterocycles. The number of fused-ring (bicyclic) bond motifs is 1. The van der Waals surface area contributed by atoms with Crippen LogP contribution in [-0.2, 0) is 11.2 Å². The number of ketones is 1. The molecule has 0 spiro atoms. The highest BCUT2D eigenvalue weighted by atomic mass is 16.5. The third-order valence-electron chi connectivity index (χ3n) is 7.93. The highest BCUT2D eigenvalue weighted by Gasteiger charge is 2.30. The average molecular weight is 608 g/mol. The molecule has 9 nitrogen and oxygen atoms in total. The molecule has 1 fully saturated rings. The van der Waals surface area contributed by atoms with Gasteiger partial charge in [-0.25, -0.2) is 0 Å². The quantitative estimate of drug-likeness (QED) is 0.142. The normalized spacial score (nSPS) is 16.4. The summed E-state index contributed by atoms with van der Waals surface area (Å²) in [6.07, 6.45) is 4.95. The van der Waals surface area contributed by atoms with Crippen molar-refractivity contribution in [3.8, 4) is 17.6 Å². The molecule has 0 radical (unpaired) electrons. The summed E-state index contributed by atoms with van der Waals surface area (Å²) in [5.41, 5.74) is 5.47. The molecule has 0 unspecified atom stereocenters. The fourth-order valence-corrected chi connectivity index (χ4v) is 5.54. The number of carbonyl (C=O) groups is 3. The largest absolute Gasteiger partial charge is 0.490 e. The molecule has 1 aliphatic heterocycles. The van der Waals surface area contributed by atoms with Crippen LogP contribution in [0, 0.1) is 18.8 Å². The van der Waals surface area contributed by atoms with E-state index in [0.717, 1.165) is 23.1 Å². The molecule has 232 valence electrons. The smallest absolute Gasteiger partial charge is 0.251 e. The van der Waals surface area contributed by atoms with E-state index in [1.807, 2.05) is 31.2 Å². The summed E-state index contributed by atoms with van der Waals surface area (Å²) in [6, 6.07) is 15.1. The van der Waals surface area contributed by atoms with Crippen LogP contribution in [0.3, 0.4) is 0 Å². The molecule has 0 bridgehead atoms. The lowest BCUT2D eigenvalue weighted by Crippen LogP contribution is -2.51. The molecule has 2 amide bonds. The van der Waals surface area contributed by atoms with Crippen LogP contribution < -0.4 is 20.7 Å². The maximum absolute atomic E-state index is 13.7. The third-order valence-corrected chi connectivity index (χ3v) is 7.93. The summed E-state index contributed by atoms with van der Waals surface area (Å²) in [5, 5.41) is 18.2. The summed E-state index contributed by atoms with van der Waals surface area (Å²) < 4.78 is 11.2. The van der Waals surface area contributed by atoms with Crippen LogP contribution in [0.1, 0.15) is 65.8 Å². The number of hydrogen-bond acceptors (Lipinski definition) is 7. The number of rotatable bonds is 12. The van der Waals surface area contributed by atoms with Crippen LogP contribution in [0.5, 0.6) is 5.75 Å². The van der Waals surface area contributed by atoms with E-state index < -0.39 is 0 Å². The molecule has 3 aromatic rings. The minimum absolute atomic E-state index is 0.0796. The molecule has 0 saturated carbocycles. The molecule has 9 heteroatoms. The Labute approximate surface area is 263 Å². The number of allylic oxidation sites excluding steroid dienone is 1. The zero-order valence-electron chi connectivity index (χ0n) is 25.4. The topological polar surface area (TPSA) is 126 Å². The van der Waals surface area contributed by atoms with E-state index >= 15 is 0 Å². The lowest BCUT2D eigenvalue weighted by Gasteiger charge is -2.21. The van der Waals surface area contributed by atoms with Crippen LogP contribution in [0.2, 0.25) is 0 Å². The van der Waals surface area contributed by atoms with Gasteiger partial charge in [0.25, 0.3) is 11.8 Å². The van der Waals surface area contributed by atoms with Gasteiger partial charge in [0, 0.05) is 35.3 Å². The van der Waals surface area contributed by atoms with E-state index in [0.29, 0.717) is 46.7 Å². The molecular weight excluding hydrogens is 570 g/mol. The van der Waals surface area contributed by atoms with Crippen molar-refractivity contribution >= 4 is 23.7 Å². The summed E-state index contributed by atoms with van der Waals surface area (Å²) in [6.45, 7) is 5.22. The minimum atomic E-state index is -0.301. The monoisotopic (exact) mass is 607 g/mol. The first-order valence-electron chi connectivity index (χ1n) is 15.0. The molecule has 1 heterocycles. The molecule has 3 aromatic carbocycles. The Balaban J connectivity index is 1.24. The zero-order valence-corrected chi connectivity index (χ0v) is 25.4. The Bertz CT molecular complexity index is 1670. The lowest BCUT2D eigenvalue weighted by atomic mass is 9.94. The fourth-order valence-electron chi connectivity index (χ4n) is 5.54. The first-order valence-corrected chi connectivity index (χ1v) is 15.0. The maximum atomic E-state index is 13.7. The van der Waals surface area contributed by atoms with E-state index in [1.165, 1.54) is 0 Å². The molecule has 1 saturated heterocycles. The van der Waals surface area contributed by atoms with Gasteiger partial charge in [-0.1, -0.05) is 36.3 Å². The SMILES string of the molecule is CC#Cc1ccc(OCCOCCO)c(C(=O)c2ccc(C(=O)N[C@@H]3CNC[C@H]3NC(=O)c3ccc4c(c3)CC=C4)cc2)c1C. The van der Waals surface area contributed by atoms with Crippen molar-refractivity contribution in [1.82, 2.24) is 16.0 Å². The van der Waals surface area contributed by atoms with E-state index in [2.05, 4.69) is 39.9 Å². The number of aliphatic hydroxyl groups is 1. The van der Waals surface area contributed by atoms with E-state index in [4.69, 9.17) is 14.6 Å². The van der Waals surface area contributed by atoms with Crippen molar-refractivity contribution in [3.63, 3.8) is 0 Å². The first-order chi connectivity index (χ1) is 21.9. The van der Waals surface area contributed by atoms with Crippen molar-refractivity contribution in [3.05, 3.63) is 105 Å². The van der Waals surface area contributed by atoms with Crippen molar-refractivity contribution in [1.29, 1.82) is 0 Å².